The van der Waals surface area contributed by atoms with Gasteiger partial charge in [0.1, 0.15) is 18.1 Å². The Labute approximate surface area is 122 Å². The molecule has 0 aromatic heterocycles. The average molecular weight is 277 g/mol. The standard InChI is InChI=1S/C17H27NO2/c1-13-5-4-6-17(14(13)2)18-11-12-20-16-9-7-15(19-3)8-10-16/h7-10,13-14,17-18H,4-6,11-12H2,1-3H3/t13-,14-,17-/m1/s1. The molecule has 0 radical (unpaired) electrons. The van der Waals surface area contributed by atoms with Crippen molar-refractivity contribution in [1.82, 2.24) is 5.32 Å². The highest BCUT2D eigenvalue weighted by atomic mass is 16.5. The van der Waals surface area contributed by atoms with E-state index in [1.54, 1.807) is 7.11 Å². The Hall–Kier alpha value is -1.22. The normalized spacial score (nSPS) is 26.2. The molecule has 1 aromatic carbocycles. The highest BCUT2D eigenvalue weighted by molar-refractivity contribution is 5.31. The number of ether oxygens (including phenoxy) is 2. The van der Waals surface area contributed by atoms with Crippen molar-refractivity contribution in [2.24, 2.45) is 11.8 Å². The van der Waals surface area contributed by atoms with Crippen molar-refractivity contribution in [3.8, 4) is 11.5 Å². The molecule has 20 heavy (non-hydrogen) atoms. The van der Waals surface area contributed by atoms with Gasteiger partial charge < -0.3 is 14.8 Å². The second kappa shape index (κ2) is 7.53. The van der Waals surface area contributed by atoms with Gasteiger partial charge in [0.2, 0.25) is 0 Å². The third kappa shape index (κ3) is 4.14. The number of methoxy groups -OCH3 is 1. The lowest BCUT2D eigenvalue weighted by Crippen LogP contribution is -2.42. The van der Waals surface area contributed by atoms with Crippen LogP contribution in [0.1, 0.15) is 33.1 Å². The van der Waals surface area contributed by atoms with Crippen LogP contribution in [-0.4, -0.2) is 26.3 Å². The molecule has 0 unspecified atom stereocenters. The van der Waals surface area contributed by atoms with Crippen LogP contribution in [0.3, 0.4) is 0 Å². The Bertz CT molecular complexity index is 390. The molecule has 1 aliphatic rings. The minimum Gasteiger partial charge on any atom is -0.497 e. The van der Waals surface area contributed by atoms with Crippen LogP contribution in [0.2, 0.25) is 0 Å². The molecule has 2 rings (SSSR count). The fraction of sp³-hybridized carbons (Fsp3) is 0.647. The molecule has 0 saturated heterocycles. The molecule has 1 N–H and O–H groups in total. The maximum Gasteiger partial charge on any atom is 0.119 e. The number of hydrogen-bond donors (Lipinski definition) is 1. The Balaban J connectivity index is 1.68. The molecule has 3 nitrogen and oxygen atoms in total. The van der Waals surface area contributed by atoms with Crippen LogP contribution in [0, 0.1) is 11.8 Å². The fourth-order valence-corrected chi connectivity index (χ4v) is 2.96. The maximum absolute atomic E-state index is 5.74. The topological polar surface area (TPSA) is 30.5 Å². The summed E-state index contributed by atoms with van der Waals surface area (Å²) < 4.78 is 10.9. The Kier molecular flexibility index (Phi) is 5.72. The van der Waals surface area contributed by atoms with Crippen LogP contribution in [0.15, 0.2) is 24.3 Å². The third-order valence-electron chi connectivity index (χ3n) is 4.54. The Morgan fingerprint density at radius 1 is 1.10 bits per heavy atom. The highest BCUT2D eigenvalue weighted by Gasteiger charge is 2.26. The van der Waals surface area contributed by atoms with Gasteiger partial charge in [-0.05, 0) is 42.5 Å². The summed E-state index contributed by atoms with van der Waals surface area (Å²) in [6.07, 6.45) is 4.03. The van der Waals surface area contributed by atoms with Gasteiger partial charge in [-0.2, -0.15) is 0 Å². The lowest BCUT2D eigenvalue weighted by molar-refractivity contribution is 0.197. The van der Waals surface area contributed by atoms with E-state index in [-0.39, 0.29) is 0 Å². The molecule has 0 heterocycles. The Morgan fingerprint density at radius 2 is 1.80 bits per heavy atom. The minimum atomic E-state index is 0.651. The molecule has 3 atom stereocenters. The van der Waals surface area contributed by atoms with Gasteiger partial charge in [0.15, 0.2) is 0 Å². The molecule has 1 saturated carbocycles. The van der Waals surface area contributed by atoms with Crippen molar-refractivity contribution in [1.29, 1.82) is 0 Å². The first kappa shape index (κ1) is 15.2. The molecular formula is C17H27NO2. The van der Waals surface area contributed by atoms with E-state index in [1.807, 2.05) is 24.3 Å². The van der Waals surface area contributed by atoms with E-state index < -0.39 is 0 Å². The van der Waals surface area contributed by atoms with Crippen molar-refractivity contribution in [3.63, 3.8) is 0 Å². The summed E-state index contributed by atoms with van der Waals surface area (Å²) in [7, 11) is 1.67. The van der Waals surface area contributed by atoms with Crippen LogP contribution < -0.4 is 14.8 Å². The largest absolute Gasteiger partial charge is 0.497 e. The van der Waals surface area contributed by atoms with Gasteiger partial charge in [0.25, 0.3) is 0 Å². The number of hydrogen-bond acceptors (Lipinski definition) is 3. The highest BCUT2D eigenvalue weighted by Crippen LogP contribution is 2.29. The van der Waals surface area contributed by atoms with Gasteiger partial charge in [0.05, 0.1) is 7.11 Å². The van der Waals surface area contributed by atoms with Crippen molar-refractivity contribution in [2.45, 2.75) is 39.2 Å². The molecule has 1 aromatic rings. The first-order chi connectivity index (χ1) is 9.70. The third-order valence-corrected chi connectivity index (χ3v) is 4.54. The fourth-order valence-electron chi connectivity index (χ4n) is 2.96. The minimum absolute atomic E-state index is 0.651. The number of benzene rings is 1. The average Bonchev–Trinajstić information content (AvgIpc) is 2.48. The molecule has 3 heteroatoms. The molecule has 0 amide bonds. The van der Waals surface area contributed by atoms with Crippen LogP contribution in [0.25, 0.3) is 0 Å². The van der Waals surface area contributed by atoms with Gasteiger partial charge in [0, 0.05) is 12.6 Å². The molecular weight excluding hydrogens is 250 g/mol. The van der Waals surface area contributed by atoms with E-state index in [0.29, 0.717) is 12.6 Å². The van der Waals surface area contributed by atoms with E-state index in [0.717, 1.165) is 29.9 Å². The zero-order chi connectivity index (χ0) is 14.4. The molecule has 0 spiro atoms. The maximum atomic E-state index is 5.74. The van der Waals surface area contributed by atoms with E-state index in [1.165, 1.54) is 19.3 Å². The van der Waals surface area contributed by atoms with Crippen molar-refractivity contribution < 1.29 is 9.47 Å². The predicted molar refractivity (Wildman–Crippen MR) is 82.5 cm³/mol. The van der Waals surface area contributed by atoms with E-state index in [4.69, 9.17) is 9.47 Å². The molecule has 0 bridgehead atoms. The summed E-state index contributed by atoms with van der Waals surface area (Å²) in [5.41, 5.74) is 0. The molecule has 1 aliphatic carbocycles. The number of rotatable bonds is 6. The van der Waals surface area contributed by atoms with E-state index in [2.05, 4.69) is 19.2 Å². The summed E-state index contributed by atoms with van der Waals surface area (Å²) in [6.45, 7) is 6.36. The quantitative estimate of drug-likeness (QED) is 0.807. The van der Waals surface area contributed by atoms with Crippen LogP contribution in [0.4, 0.5) is 0 Å². The first-order valence-corrected chi connectivity index (χ1v) is 7.71. The molecule has 0 aliphatic heterocycles. The van der Waals surface area contributed by atoms with Gasteiger partial charge in [-0.3, -0.25) is 0 Å². The Morgan fingerprint density at radius 3 is 2.50 bits per heavy atom. The van der Waals surface area contributed by atoms with E-state index in [9.17, 15) is 0 Å². The predicted octanol–water partition coefficient (Wildman–Crippen LogP) is 3.49. The second-order valence-electron chi connectivity index (χ2n) is 5.85. The van der Waals surface area contributed by atoms with Gasteiger partial charge in [-0.1, -0.05) is 26.7 Å². The van der Waals surface area contributed by atoms with E-state index >= 15 is 0 Å². The van der Waals surface area contributed by atoms with Gasteiger partial charge in [-0.25, -0.2) is 0 Å². The SMILES string of the molecule is COc1ccc(OCCN[C@@H]2CCC[C@@H](C)[C@H]2C)cc1. The van der Waals surface area contributed by atoms with Crippen molar-refractivity contribution in [3.05, 3.63) is 24.3 Å². The van der Waals surface area contributed by atoms with Crippen LogP contribution in [-0.2, 0) is 0 Å². The van der Waals surface area contributed by atoms with Gasteiger partial charge in [-0.15, -0.1) is 0 Å². The lowest BCUT2D eigenvalue weighted by Gasteiger charge is -2.34. The van der Waals surface area contributed by atoms with Crippen LogP contribution in [0.5, 0.6) is 11.5 Å². The second-order valence-corrected chi connectivity index (χ2v) is 5.85. The monoisotopic (exact) mass is 277 g/mol. The van der Waals surface area contributed by atoms with Crippen molar-refractivity contribution in [2.75, 3.05) is 20.3 Å². The lowest BCUT2D eigenvalue weighted by atomic mass is 9.78. The summed E-state index contributed by atoms with van der Waals surface area (Å²) in [4.78, 5) is 0. The summed E-state index contributed by atoms with van der Waals surface area (Å²) in [6, 6.07) is 8.40. The number of nitrogens with one attached hydrogen (secondary N) is 1. The van der Waals surface area contributed by atoms with Gasteiger partial charge >= 0.3 is 0 Å². The summed E-state index contributed by atoms with van der Waals surface area (Å²) >= 11 is 0. The summed E-state index contributed by atoms with van der Waals surface area (Å²) in [5, 5.41) is 3.64. The smallest absolute Gasteiger partial charge is 0.119 e. The molecule has 112 valence electrons. The molecule has 1 fully saturated rings. The van der Waals surface area contributed by atoms with Crippen LogP contribution >= 0.6 is 0 Å². The van der Waals surface area contributed by atoms with Crippen molar-refractivity contribution >= 4 is 0 Å². The zero-order valence-corrected chi connectivity index (χ0v) is 12.9. The zero-order valence-electron chi connectivity index (χ0n) is 12.9. The summed E-state index contributed by atoms with van der Waals surface area (Å²) in [5.74, 6) is 3.37. The first-order valence-electron chi connectivity index (χ1n) is 7.71.